The monoisotopic (exact) mass is 740 g/mol. The minimum absolute atomic E-state index is 0.706. The summed E-state index contributed by atoms with van der Waals surface area (Å²) >= 11 is 0. The summed E-state index contributed by atoms with van der Waals surface area (Å²) in [5.41, 5.74) is 16.7. The zero-order valence-electron chi connectivity index (χ0n) is 31.6. The first kappa shape index (κ1) is 32.6. The molecule has 0 radical (unpaired) electrons. The highest BCUT2D eigenvalue weighted by Crippen LogP contribution is 2.63. The number of hydrogen-bond donors (Lipinski definition) is 1. The highest BCUT2D eigenvalue weighted by Gasteiger charge is 2.51. The molecule has 272 valence electrons. The Hall–Kier alpha value is -7.62. The molecule has 3 heterocycles. The molecule has 0 amide bonds. The highest BCUT2D eigenvalue weighted by molar-refractivity contribution is 6.08. The molecular weight excluding hydrogens is 705 g/mol. The van der Waals surface area contributed by atoms with Gasteiger partial charge >= 0.3 is 0 Å². The lowest BCUT2D eigenvalue weighted by atomic mass is 9.60. The first-order valence-corrected chi connectivity index (χ1v) is 19.9. The molecule has 10 aromatic rings. The number of aromatic amines is 1. The summed E-state index contributed by atoms with van der Waals surface area (Å²) in [5, 5.41) is 2.45. The fraction of sp³-hybridized carbons (Fsp3) is 0.0182. The molecule has 1 N–H and O–H groups in total. The summed E-state index contributed by atoms with van der Waals surface area (Å²) in [4.78, 5) is 6.09. The second-order valence-corrected chi connectivity index (χ2v) is 15.4. The quantitative estimate of drug-likeness (QED) is 0.195. The van der Waals surface area contributed by atoms with Crippen LogP contribution in [0, 0.1) is 0 Å². The van der Waals surface area contributed by atoms with Crippen molar-refractivity contribution >= 4 is 38.9 Å². The van der Waals surface area contributed by atoms with E-state index in [9.17, 15) is 0 Å². The Morgan fingerprint density at radius 3 is 1.47 bits per heavy atom. The average Bonchev–Trinajstić information content (AvgIpc) is 3.67. The Labute approximate surface area is 337 Å². The van der Waals surface area contributed by atoms with Gasteiger partial charge in [0.15, 0.2) is 0 Å². The Bertz CT molecular complexity index is 3150. The van der Waals surface area contributed by atoms with E-state index < -0.39 is 5.41 Å². The number of anilines is 3. The van der Waals surface area contributed by atoms with Gasteiger partial charge in [-0.3, -0.25) is 0 Å². The van der Waals surface area contributed by atoms with Crippen molar-refractivity contribution in [1.82, 2.24) is 4.98 Å². The normalized spacial score (nSPS) is 13.4. The van der Waals surface area contributed by atoms with Crippen LogP contribution in [0.4, 0.5) is 17.1 Å². The van der Waals surface area contributed by atoms with Gasteiger partial charge in [-0.25, -0.2) is 0 Å². The van der Waals surface area contributed by atoms with Crippen molar-refractivity contribution in [2.75, 3.05) is 4.90 Å². The molecule has 3 heteroatoms. The van der Waals surface area contributed by atoms with Gasteiger partial charge in [-0.05, 0) is 111 Å². The van der Waals surface area contributed by atoms with Gasteiger partial charge in [0.05, 0.1) is 16.8 Å². The number of H-pyrrole nitrogens is 1. The average molecular weight is 741 g/mol. The SMILES string of the molecule is c1ccc(-c2ccc(N3c4ccc(-c5ccccc5)cc4C4(c5ccccc5Oc5ccccc54)c4cc(-c5ccc6[nH]c7ccccc7c6c5)ccc43)cc2)cc1. The van der Waals surface area contributed by atoms with E-state index in [1.54, 1.807) is 0 Å². The molecular formula is C55H36N2O. The van der Waals surface area contributed by atoms with E-state index in [1.165, 1.54) is 49.7 Å². The first-order chi connectivity index (χ1) is 28.7. The van der Waals surface area contributed by atoms with Crippen molar-refractivity contribution in [1.29, 1.82) is 0 Å². The third-order valence-electron chi connectivity index (χ3n) is 12.3. The van der Waals surface area contributed by atoms with E-state index in [2.05, 4.69) is 222 Å². The maximum absolute atomic E-state index is 6.79. The largest absolute Gasteiger partial charge is 0.457 e. The lowest BCUT2D eigenvalue weighted by Crippen LogP contribution is -2.39. The van der Waals surface area contributed by atoms with Crippen molar-refractivity contribution in [2.45, 2.75) is 5.41 Å². The summed E-state index contributed by atoms with van der Waals surface area (Å²) < 4.78 is 6.79. The Balaban J connectivity index is 1.17. The van der Waals surface area contributed by atoms with Crippen LogP contribution in [0.2, 0.25) is 0 Å². The zero-order chi connectivity index (χ0) is 38.2. The predicted octanol–water partition coefficient (Wildman–Crippen LogP) is 14.6. The lowest BCUT2D eigenvalue weighted by molar-refractivity contribution is 0.434. The van der Waals surface area contributed by atoms with E-state index >= 15 is 0 Å². The van der Waals surface area contributed by atoms with Gasteiger partial charge in [-0.1, -0.05) is 146 Å². The molecule has 9 aromatic carbocycles. The van der Waals surface area contributed by atoms with Crippen molar-refractivity contribution in [3.05, 3.63) is 235 Å². The highest BCUT2D eigenvalue weighted by atomic mass is 16.5. The number of fused-ring (bicyclic) bond motifs is 11. The Kier molecular flexibility index (Phi) is 7.14. The molecule has 2 aliphatic heterocycles. The number of para-hydroxylation sites is 3. The van der Waals surface area contributed by atoms with Crippen LogP contribution in [0.5, 0.6) is 11.5 Å². The number of rotatable bonds is 4. The van der Waals surface area contributed by atoms with Crippen LogP contribution in [-0.2, 0) is 5.41 Å². The number of hydrogen-bond acceptors (Lipinski definition) is 2. The van der Waals surface area contributed by atoms with Crippen molar-refractivity contribution in [3.8, 4) is 44.9 Å². The third kappa shape index (κ3) is 4.80. The van der Waals surface area contributed by atoms with Gasteiger partial charge < -0.3 is 14.6 Å². The molecule has 0 saturated heterocycles. The fourth-order valence-electron chi connectivity index (χ4n) is 9.64. The summed E-state index contributed by atoms with van der Waals surface area (Å²) in [5.74, 6) is 1.74. The van der Waals surface area contributed by atoms with E-state index in [0.29, 0.717) is 0 Å². The fourth-order valence-corrected chi connectivity index (χ4v) is 9.64. The summed E-state index contributed by atoms with van der Waals surface area (Å²) in [7, 11) is 0. The molecule has 0 saturated carbocycles. The van der Waals surface area contributed by atoms with E-state index in [0.717, 1.165) is 56.3 Å². The van der Waals surface area contributed by atoms with Crippen LogP contribution in [0.15, 0.2) is 212 Å². The van der Waals surface area contributed by atoms with Crippen molar-refractivity contribution in [3.63, 3.8) is 0 Å². The molecule has 0 aliphatic carbocycles. The molecule has 1 aromatic heterocycles. The van der Waals surface area contributed by atoms with Crippen molar-refractivity contribution < 1.29 is 4.74 Å². The summed E-state index contributed by atoms with van der Waals surface area (Å²) in [6.45, 7) is 0. The molecule has 3 nitrogen and oxygen atoms in total. The predicted molar refractivity (Wildman–Crippen MR) is 239 cm³/mol. The number of nitrogens with zero attached hydrogens (tertiary/aromatic N) is 1. The van der Waals surface area contributed by atoms with Gasteiger partial charge in [-0.2, -0.15) is 0 Å². The summed E-state index contributed by atoms with van der Waals surface area (Å²) in [6, 6.07) is 77.1. The number of benzene rings is 9. The van der Waals surface area contributed by atoms with Gasteiger partial charge in [0.2, 0.25) is 0 Å². The minimum atomic E-state index is -0.706. The van der Waals surface area contributed by atoms with Crippen LogP contribution in [-0.4, -0.2) is 4.98 Å². The molecule has 0 atom stereocenters. The molecule has 0 fully saturated rings. The third-order valence-corrected chi connectivity index (χ3v) is 12.3. The lowest BCUT2D eigenvalue weighted by Gasteiger charge is -2.49. The minimum Gasteiger partial charge on any atom is -0.457 e. The Morgan fingerprint density at radius 1 is 0.345 bits per heavy atom. The van der Waals surface area contributed by atoms with Gasteiger partial charge in [-0.15, -0.1) is 0 Å². The molecule has 58 heavy (non-hydrogen) atoms. The molecule has 12 rings (SSSR count). The van der Waals surface area contributed by atoms with Gasteiger partial charge in [0, 0.05) is 38.6 Å². The number of aromatic nitrogens is 1. The van der Waals surface area contributed by atoms with Crippen LogP contribution in [0.1, 0.15) is 22.3 Å². The second-order valence-electron chi connectivity index (χ2n) is 15.4. The van der Waals surface area contributed by atoms with Crippen LogP contribution >= 0.6 is 0 Å². The Morgan fingerprint density at radius 2 is 0.810 bits per heavy atom. The molecule has 0 unspecified atom stereocenters. The number of nitrogens with one attached hydrogen (secondary N) is 1. The molecule has 2 aliphatic rings. The maximum Gasteiger partial charge on any atom is 0.132 e. The zero-order valence-corrected chi connectivity index (χ0v) is 31.6. The van der Waals surface area contributed by atoms with Gasteiger partial charge in [0.25, 0.3) is 0 Å². The topological polar surface area (TPSA) is 28.3 Å². The van der Waals surface area contributed by atoms with E-state index in [1.807, 2.05) is 0 Å². The maximum atomic E-state index is 6.79. The van der Waals surface area contributed by atoms with Crippen LogP contribution < -0.4 is 9.64 Å². The number of ether oxygens (including phenoxy) is 1. The van der Waals surface area contributed by atoms with E-state index in [-0.39, 0.29) is 0 Å². The first-order valence-electron chi connectivity index (χ1n) is 19.9. The van der Waals surface area contributed by atoms with Gasteiger partial charge in [0.1, 0.15) is 11.5 Å². The molecule has 0 bridgehead atoms. The summed E-state index contributed by atoms with van der Waals surface area (Å²) in [6.07, 6.45) is 0. The second kappa shape index (κ2) is 12.7. The standard InChI is InChI=1S/C55H36N2O/c1-3-13-36(14-4-1)38-23-28-42(29-24-38)57-51-31-26-40(37-15-5-2-6-16-37)34-47(51)55(45-18-8-11-21-53(45)58-54-22-12-9-19-46(54)55)48-35-41(27-32-52(48)57)39-25-30-50-44(33-39)43-17-7-10-20-49(43)56-50/h1-35,56H. The van der Waals surface area contributed by atoms with Crippen LogP contribution in [0.3, 0.4) is 0 Å². The van der Waals surface area contributed by atoms with Crippen LogP contribution in [0.25, 0.3) is 55.2 Å². The van der Waals surface area contributed by atoms with Crippen molar-refractivity contribution in [2.24, 2.45) is 0 Å². The molecule has 1 spiro atoms. The van der Waals surface area contributed by atoms with E-state index in [4.69, 9.17) is 4.74 Å². The smallest absolute Gasteiger partial charge is 0.132 e.